The van der Waals surface area contributed by atoms with E-state index in [4.69, 9.17) is 5.73 Å². The molecule has 86 valence electrons. The summed E-state index contributed by atoms with van der Waals surface area (Å²) in [4.78, 5) is 22.0. The monoisotopic (exact) mass is 213 g/mol. The summed E-state index contributed by atoms with van der Waals surface area (Å²) in [6.45, 7) is 2.78. The van der Waals surface area contributed by atoms with E-state index >= 15 is 0 Å². The predicted molar refractivity (Wildman–Crippen MR) is 57.0 cm³/mol. The topological polar surface area (TPSA) is 84.2 Å². The molecule has 0 aromatic heterocycles. The van der Waals surface area contributed by atoms with Crippen molar-refractivity contribution >= 4 is 11.8 Å². The second-order valence-corrected chi connectivity index (χ2v) is 4.10. The highest BCUT2D eigenvalue weighted by Gasteiger charge is 2.27. The maximum absolute atomic E-state index is 11.2. The van der Waals surface area contributed by atoms with Crippen LogP contribution >= 0.6 is 0 Å². The highest BCUT2D eigenvalue weighted by molar-refractivity contribution is 5.85. The molecule has 5 nitrogen and oxygen atoms in total. The number of carbonyl (C=O) groups is 2. The molecule has 0 radical (unpaired) electrons. The van der Waals surface area contributed by atoms with Gasteiger partial charge in [0.2, 0.25) is 11.8 Å². The molecule has 0 spiro atoms. The van der Waals surface area contributed by atoms with Gasteiger partial charge in [0.05, 0.1) is 13.1 Å². The van der Waals surface area contributed by atoms with Crippen LogP contribution in [0.25, 0.3) is 0 Å². The molecule has 1 saturated carbocycles. The van der Waals surface area contributed by atoms with Crippen molar-refractivity contribution in [2.75, 3.05) is 19.6 Å². The Hall–Kier alpha value is -1.10. The molecule has 1 fully saturated rings. The Morgan fingerprint density at radius 3 is 2.53 bits per heavy atom. The molecule has 0 aliphatic heterocycles. The van der Waals surface area contributed by atoms with Crippen molar-refractivity contribution in [3.05, 3.63) is 0 Å². The number of nitrogens with one attached hydrogen (secondary N) is 2. The highest BCUT2D eigenvalue weighted by atomic mass is 16.2. The second kappa shape index (κ2) is 5.70. The fourth-order valence-corrected chi connectivity index (χ4v) is 1.42. The molecule has 1 unspecified atom stereocenters. The predicted octanol–water partition coefficient (Wildman–Crippen LogP) is -0.776. The lowest BCUT2D eigenvalue weighted by molar-refractivity contribution is -0.125. The van der Waals surface area contributed by atoms with Gasteiger partial charge in [-0.15, -0.1) is 0 Å². The molecule has 0 bridgehead atoms. The summed E-state index contributed by atoms with van der Waals surface area (Å²) in [7, 11) is 0. The average Bonchev–Trinajstić information content (AvgIpc) is 3.05. The summed E-state index contributed by atoms with van der Waals surface area (Å²) in [5.41, 5.74) is 5.08. The number of hydrogen-bond donors (Lipinski definition) is 3. The molecule has 0 saturated heterocycles. The minimum Gasteiger partial charge on any atom is -0.354 e. The summed E-state index contributed by atoms with van der Waals surface area (Å²) in [5.74, 6) is 0.868. The van der Waals surface area contributed by atoms with Gasteiger partial charge >= 0.3 is 0 Å². The second-order valence-electron chi connectivity index (χ2n) is 4.10. The average molecular weight is 213 g/mol. The zero-order valence-corrected chi connectivity index (χ0v) is 9.08. The van der Waals surface area contributed by atoms with Gasteiger partial charge in [-0.1, -0.05) is 6.92 Å². The maximum Gasteiger partial charge on any atom is 0.239 e. The van der Waals surface area contributed by atoms with E-state index in [1.807, 2.05) is 0 Å². The normalized spacial score (nSPS) is 16.9. The van der Waals surface area contributed by atoms with Crippen molar-refractivity contribution in [1.29, 1.82) is 0 Å². The van der Waals surface area contributed by atoms with Crippen LogP contribution in [0.15, 0.2) is 0 Å². The molecule has 0 heterocycles. The minimum absolute atomic E-state index is 0.0212. The van der Waals surface area contributed by atoms with Crippen LogP contribution in [-0.4, -0.2) is 31.4 Å². The van der Waals surface area contributed by atoms with Crippen molar-refractivity contribution in [2.24, 2.45) is 17.6 Å². The van der Waals surface area contributed by atoms with E-state index in [1.165, 1.54) is 12.8 Å². The lowest BCUT2D eigenvalue weighted by Crippen LogP contribution is -2.40. The fourth-order valence-electron chi connectivity index (χ4n) is 1.42. The standard InChI is InChI=1S/C10H19N3O2/c1-7(8-2-3-8)5-12-10(15)6-13-9(14)4-11/h7-8H,2-6,11H2,1H3,(H,12,15)(H,13,14). The van der Waals surface area contributed by atoms with Crippen LogP contribution < -0.4 is 16.4 Å². The third-order valence-corrected chi connectivity index (χ3v) is 2.68. The molecule has 2 amide bonds. The van der Waals surface area contributed by atoms with Gasteiger partial charge in [-0.3, -0.25) is 9.59 Å². The maximum atomic E-state index is 11.2. The summed E-state index contributed by atoms with van der Waals surface area (Å²) < 4.78 is 0. The number of hydrogen-bond acceptors (Lipinski definition) is 3. The SMILES string of the molecule is CC(CNC(=O)CNC(=O)CN)C1CC1. The van der Waals surface area contributed by atoms with Gasteiger partial charge in [-0.2, -0.15) is 0 Å². The number of carbonyl (C=O) groups excluding carboxylic acids is 2. The van der Waals surface area contributed by atoms with E-state index in [9.17, 15) is 9.59 Å². The zero-order chi connectivity index (χ0) is 11.3. The van der Waals surface area contributed by atoms with Gasteiger partial charge in [0.15, 0.2) is 0 Å². The molecule has 1 aliphatic rings. The quantitative estimate of drug-likeness (QED) is 0.541. The van der Waals surface area contributed by atoms with Crippen LogP contribution in [0.5, 0.6) is 0 Å². The Morgan fingerprint density at radius 1 is 1.33 bits per heavy atom. The van der Waals surface area contributed by atoms with Crippen molar-refractivity contribution in [1.82, 2.24) is 10.6 Å². The molecule has 15 heavy (non-hydrogen) atoms. The van der Waals surface area contributed by atoms with E-state index in [0.29, 0.717) is 12.5 Å². The number of rotatable bonds is 6. The third-order valence-electron chi connectivity index (χ3n) is 2.68. The Kier molecular flexibility index (Phi) is 4.55. The van der Waals surface area contributed by atoms with Crippen molar-refractivity contribution < 1.29 is 9.59 Å². The first kappa shape index (κ1) is 12.0. The molecule has 0 aromatic carbocycles. The van der Waals surface area contributed by atoms with Crippen LogP contribution in [0.4, 0.5) is 0 Å². The minimum atomic E-state index is -0.305. The largest absolute Gasteiger partial charge is 0.354 e. The molecular weight excluding hydrogens is 194 g/mol. The Morgan fingerprint density at radius 2 is 2.00 bits per heavy atom. The van der Waals surface area contributed by atoms with Gasteiger partial charge in [-0.05, 0) is 24.7 Å². The highest BCUT2D eigenvalue weighted by Crippen LogP contribution is 2.35. The van der Waals surface area contributed by atoms with Crippen LogP contribution in [0.1, 0.15) is 19.8 Å². The summed E-state index contributed by atoms with van der Waals surface area (Å²) in [5, 5.41) is 5.21. The van der Waals surface area contributed by atoms with Crippen molar-refractivity contribution in [3.8, 4) is 0 Å². The van der Waals surface area contributed by atoms with Crippen LogP contribution in [0.3, 0.4) is 0 Å². The van der Waals surface area contributed by atoms with Crippen molar-refractivity contribution in [2.45, 2.75) is 19.8 Å². The van der Waals surface area contributed by atoms with E-state index in [-0.39, 0.29) is 24.9 Å². The Labute approximate surface area is 89.8 Å². The smallest absolute Gasteiger partial charge is 0.239 e. The van der Waals surface area contributed by atoms with E-state index in [2.05, 4.69) is 17.6 Å². The summed E-state index contributed by atoms with van der Waals surface area (Å²) in [6, 6.07) is 0. The van der Waals surface area contributed by atoms with Gasteiger partial charge < -0.3 is 16.4 Å². The first-order valence-corrected chi connectivity index (χ1v) is 5.37. The third kappa shape index (κ3) is 4.78. The van der Waals surface area contributed by atoms with Gasteiger partial charge in [0, 0.05) is 6.54 Å². The molecule has 5 heteroatoms. The van der Waals surface area contributed by atoms with Crippen molar-refractivity contribution in [3.63, 3.8) is 0 Å². The van der Waals surface area contributed by atoms with Gasteiger partial charge in [0.25, 0.3) is 0 Å². The lowest BCUT2D eigenvalue weighted by Gasteiger charge is -2.11. The zero-order valence-electron chi connectivity index (χ0n) is 9.08. The summed E-state index contributed by atoms with van der Waals surface area (Å²) >= 11 is 0. The van der Waals surface area contributed by atoms with Crippen LogP contribution in [0.2, 0.25) is 0 Å². The Balaban J connectivity index is 2.04. The molecular formula is C10H19N3O2. The van der Waals surface area contributed by atoms with Crippen LogP contribution in [0, 0.1) is 11.8 Å². The van der Waals surface area contributed by atoms with Crippen LogP contribution in [-0.2, 0) is 9.59 Å². The molecule has 1 atom stereocenters. The van der Waals surface area contributed by atoms with E-state index in [1.54, 1.807) is 0 Å². The van der Waals surface area contributed by atoms with Gasteiger partial charge in [-0.25, -0.2) is 0 Å². The molecule has 4 N–H and O–H groups in total. The lowest BCUT2D eigenvalue weighted by atomic mass is 10.1. The number of nitrogens with two attached hydrogens (primary N) is 1. The molecule has 1 rings (SSSR count). The first-order chi connectivity index (χ1) is 7.13. The fraction of sp³-hybridized carbons (Fsp3) is 0.800. The first-order valence-electron chi connectivity index (χ1n) is 5.37. The van der Waals surface area contributed by atoms with E-state index < -0.39 is 0 Å². The molecule has 0 aromatic rings. The Bertz CT molecular complexity index is 239. The summed E-state index contributed by atoms with van der Waals surface area (Å²) in [6.07, 6.45) is 2.56. The van der Waals surface area contributed by atoms with E-state index in [0.717, 1.165) is 5.92 Å². The van der Waals surface area contributed by atoms with Gasteiger partial charge in [0.1, 0.15) is 0 Å². The number of amides is 2. The molecule has 1 aliphatic carbocycles.